The van der Waals surface area contributed by atoms with E-state index in [4.69, 9.17) is 0 Å². The molecule has 0 aliphatic rings. The summed E-state index contributed by atoms with van der Waals surface area (Å²) in [5, 5.41) is 11.5. The lowest BCUT2D eigenvalue weighted by atomic mass is 10.0. The molecule has 0 fully saturated rings. The Labute approximate surface area is 175 Å². The summed E-state index contributed by atoms with van der Waals surface area (Å²) in [5.74, 6) is 0.682. The van der Waals surface area contributed by atoms with Gasteiger partial charge in [-0.3, -0.25) is 4.79 Å². The van der Waals surface area contributed by atoms with Crippen molar-refractivity contribution in [2.75, 3.05) is 18.4 Å². The van der Waals surface area contributed by atoms with Crippen LogP contribution in [0, 0.1) is 0 Å². The summed E-state index contributed by atoms with van der Waals surface area (Å²) in [5.41, 5.74) is 3.60. The van der Waals surface area contributed by atoms with Crippen LogP contribution in [0.5, 0.6) is 0 Å². The Morgan fingerprint density at radius 2 is 1.73 bits per heavy atom. The fourth-order valence-corrected chi connectivity index (χ4v) is 3.26. The third-order valence-corrected chi connectivity index (χ3v) is 4.84. The quantitative estimate of drug-likeness (QED) is 0.471. The summed E-state index contributed by atoms with van der Waals surface area (Å²) in [6, 6.07) is 17.7. The Balaban J connectivity index is 1.37. The highest BCUT2D eigenvalue weighted by atomic mass is 16.1. The maximum atomic E-state index is 12.5. The standard InChI is InChI=1S/C23H24N6O/c1-2-12-24-21-20-15-28-29(22(20)27-16-26-21)14-13-25-23(30)19-10-8-18(9-11-19)17-6-4-3-5-7-17/h3-11,15-16H,2,12-14H2,1H3,(H,25,30)(H,24,26,27). The molecule has 0 unspecified atom stereocenters. The van der Waals surface area contributed by atoms with Gasteiger partial charge in [0.2, 0.25) is 0 Å². The first kappa shape index (κ1) is 19.6. The molecule has 0 bridgehead atoms. The van der Waals surface area contributed by atoms with E-state index in [9.17, 15) is 4.79 Å². The molecule has 0 aliphatic carbocycles. The van der Waals surface area contributed by atoms with Crippen LogP contribution in [0.1, 0.15) is 23.7 Å². The molecule has 30 heavy (non-hydrogen) atoms. The Kier molecular flexibility index (Phi) is 5.98. The summed E-state index contributed by atoms with van der Waals surface area (Å²) in [4.78, 5) is 21.1. The van der Waals surface area contributed by atoms with E-state index in [1.807, 2.05) is 42.5 Å². The molecule has 2 N–H and O–H groups in total. The molecule has 2 heterocycles. The van der Waals surface area contributed by atoms with Crippen LogP contribution < -0.4 is 10.6 Å². The first-order valence-electron chi connectivity index (χ1n) is 10.1. The van der Waals surface area contributed by atoms with Crippen molar-refractivity contribution in [2.24, 2.45) is 0 Å². The van der Waals surface area contributed by atoms with Crippen molar-refractivity contribution in [2.45, 2.75) is 19.9 Å². The van der Waals surface area contributed by atoms with Gasteiger partial charge in [0.05, 0.1) is 18.1 Å². The third kappa shape index (κ3) is 4.30. The van der Waals surface area contributed by atoms with Gasteiger partial charge in [-0.1, -0.05) is 49.4 Å². The molecule has 0 radical (unpaired) electrons. The predicted molar refractivity (Wildman–Crippen MR) is 118 cm³/mol. The van der Waals surface area contributed by atoms with Crippen molar-refractivity contribution >= 4 is 22.8 Å². The van der Waals surface area contributed by atoms with Gasteiger partial charge in [-0.2, -0.15) is 5.10 Å². The van der Waals surface area contributed by atoms with Gasteiger partial charge in [0.1, 0.15) is 12.1 Å². The molecule has 7 nitrogen and oxygen atoms in total. The lowest BCUT2D eigenvalue weighted by Gasteiger charge is -2.08. The SMILES string of the molecule is CCCNc1ncnc2c1cnn2CCNC(=O)c1ccc(-c2ccccc2)cc1. The van der Waals surface area contributed by atoms with Crippen molar-refractivity contribution in [3.05, 3.63) is 72.7 Å². The van der Waals surface area contributed by atoms with Gasteiger partial charge in [0, 0.05) is 18.7 Å². The van der Waals surface area contributed by atoms with Crippen LogP contribution in [0.15, 0.2) is 67.1 Å². The van der Waals surface area contributed by atoms with E-state index in [0.29, 0.717) is 18.7 Å². The minimum Gasteiger partial charge on any atom is -0.369 e. The minimum absolute atomic E-state index is 0.106. The Morgan fingerprint density at radius 3 is 2.50 bits per heavy atom. The Hall–Kier alpha value is -3.74. The van der Waals surface area contributed by atoms with E-state index in [1.54, 1.807) is 10.9 Å². The number of amides is 1. The van der Waals surface area contributed by atoms with Crippen molar-refractivity contribution in [1.82, 2.24) is 25.1 Å². The molecule has 0 atom stereocenters. The lowest BCUT2D eigenvalue weighted by Crippen LogP contribution is -2.27. The zero-order valence-corrected chi connectivity index (χ0v) is 16.9. The number of fused-ring (bicyclic) bond motifs is 1. The van der Waals surface area contributed by atoms with Gasteiger partial charge < -0.3 is 10.6 Å². The number of rotatable bonds is 8. The van der Waals surface area contributed by atoms with Gasteiger partial charge in [0.15, 0.2) is 5.65 Å². The molecule has 7 heteroatoms. The second kappa shape index (κ2) is 9.17. The molecule has 152 valence electrons. The molecule has 0 saturated carbocycles. The maximum Gasteiger partial charge on any atom is 0.251 e. The second-order valence-corrected chi connectivity index (χ2v) is 6.95. The number of carbonyl (C=O) groups is 1. The van der Waals surface area contributed by atoms with Gasteiger partial charge >= 0.3 is 0 Å². The molecule has 4 rings (SSSR count). The molecular weight excluding hydrogens is 376 g/mol. The van der Waals surface area contributed by atoms with Crippen molar-refractivity contribution in [3.8, 4) is 11.1 Å². The fraction of sp³-hybridized carbons (Fsp3) is 0.217. The number of aromatic nitrogens is 4. The van der Waals surface area contributed by atoms with Crippen molar-refractivity contribution in [1.29, 1.82) is 0 Å². The first-order valence-corrected chi connectivity index (χ1v) is 10.1. The van der Waals surface area contributed by atoms with Crippen LogP contribution in [0.4, 0.5) is 5.82 Å². The molecule has 4 aromatic rings. The summed E-state index contributed by atoms with van der Waals surface area (Å²) in [7, 11) is 0. The predicted octanol–water partition coefficient (Wildman–Crippen LogP) is 3.75. The van der Waals surface area contributed by atoms with E-state index in [1.165, 1.54) is 6.33 Å². The summed E-state index contributed by atoms with van der Waals surface area (Å²) < 4.78 is 1.78. The summed E-state index contributed by atoms with van der Waals surface area (Å²) in [6.07, 6.45) is 4.31. The number of nitrogens with one attached hydrogen (secondary N) is 2. The first-order chi connectivity index (χ1) is 14.8. The normalized spacial score (nSPS) is 10.8. The molecule has 0 saturated heterocycles. The second-order valence-electron chi connectivity index (χ2n) is 6.95. The highest BCUT2D eigenvalue weighted by Crippen LogP contribution is 2.20. The highest BCUT2D eigenvalue weighted by Gasteiger charge is 2.10. The Morgan fingerprint density at radius 1 is 0.967 bits per heavy atom. The average Bonchev–Trinajstić information content (AvgIpc) is 3.22. The fourth-order valence-electron chi connectivity index (χ4n) is 3.26. The van der Waals surface area contributed by atoms with Crippen LogP contribution in [0.25, 0.3) is 22.2 Å². The van der Waals surface area contributed by atoms with E-state index in [2.05, 4.69) is 44.8 Å². The number of benzene rings is 2. The number of hydrogen-bond acceptors (Lipinski definition) is 5. The minimum atomic E-state index is -0.106. The van der Waals surface area contributed by atoms with Crippen LogP contribution in [0.3, 0.4) is 0 Å². The topological polar surface area (TPSA) is 84.7 Å². The van der Waals surface area contributed by atoms with Crippen LogP contribution >= 0.6 is 0 Å². The summed E-state index contributed by atoms with van der Waals surface area (Å²) >= 11 is 0. The number of nitrogens with zero attached hydrogens (tertiary/aromatic N) is 4. The number of hydrogen-bond donors (Lipinski definition) is 2. The van der Waals surface area contributed by atoms with Crippen LogP contribution in [-0.4, -0.2) is 38.7 Å². The zero-order chi connectivity index (χ0) is 20.8. The van der Waals surface area contributed by atoms with Gasteiger partial charge in [0.25, 0.3) is 5.91 Å². The zero-order valence-electron chi connectivity index (χ0n) is 16.9. The largest absolute Gasteiger partial charge is 0.369 e. The van der Waals surface area contributed by atoms with E-state index >= 15 is 0 Å². The monoisotopic (exact) mass is 400 g/mol. The molecule has 1 amide bonds. The average molecular weight is 400 g/mol. The third-order valence-electron chi connectivity index (χ3n) is 4.84. The maximum absolute atomic E-state index is 12.5. The van der Waals surface area contributed by atoms with Crippen LogP contribution in [0.2, 0.25) is 0 Å². The van der Waals surface area contributed by atoms with Crippen molar-refractivity contribution < 1.29 is 4.79 Å². The molecule has 0 spiro atoms. The van der Waals surface area contributed by atoms with E-state index in [-0.39, 0.29) is 5.91 Å². The van der Waals surface area contributed by atoms with Gasteiger partial charge in [-0.05, 0) is 29.7 Å². The summed E-state index contributed by atoms with van der Waals surface area (Å²) in [6.45, 7) is 3.93. The molecule has 2 aromatic heterocycles. The number of anilines is 1. The van der Waals surface area contributed by atoms with E-state index in [0.717, 1.165) is 40.9 Å². The molecular formula is C23H24N6O. The molecule has 2 aromatic carbocycles. The highest BCUT2D eigenvalue weighted by molar-refractivity contribution is 5.94. The Bertz CT molecular complexity index is 1120. The van der Waals surface area contributed by atoms with E-state index < -0.39 is 0 Å². The molecule has 0 aliphatic heterocycles. The van der Waals surface area contributed by atoms with Crippen molar-refractivity contribution in [3.63, 3.8) is 0 Å². The lowest BCUT2D eigenvalue weighted by molar-refractivity contribution is 0.0952. The van der Waals surface area contributed by atoms with Gasteiger partial charge in [-0.15, -0.1) is 0 Å². The van der Waals surface area contributed by atoms with Gasteiger partial charge in [-0.25, -0.2) is 14.6 Å². The number of carbonyl (C=O) groups excluding carboxylic acids is 1. The van der Waals surface area contributed by atoms with Crippen LogP contribution in [-0.2, 0) is 6.54 Å². The smallest absolute Gasteiger partial charge is 0.251 e.